The van der Waals surface area contributed by atoms with Crippen molar-refractivity contribution in [1.29, 1.82) is 0 Å². The first-order chi connectivity index (χ1) is 12.2. The molecule has 132 valence electrons. The normalized spacial score (nSPS) is 15.4. The predicted octanol–water partition coefficient (Wildman–Crippen LogP) is 4.49. The van der Waals surface area contributed by atoms with E-state index >= 15 is 0 Å². The summed E-state index contributed by atoms with van der Waals surface area (Å²) in [6.07, 6.45) is 9.52. The zero-order chi connectivity index (χ0) is 17.5. The van der Waals surface area contributed by atoms with Crippen LogP contribution in [0.5, 0.6) is 0 Å². The van der Waals surface area contributed by atoms with Crippen molar-refractivity contribution in [3.05, 3.63) is 59.9 Å². The van der Waals surface area contributed by atoms with Crippen molar-refractivity contribution in [1.82, 2.24) is 9.88 Å². The lowest BCUT2D eigenvalue weighted by molar-refractivity contribution is 0.0779. The van der Waals surface area contributed by atoms with Crippen LogP contribution in [0.2, 0.25) is 0 Å². The Balaban J connectivity index is 1.58. The molecule has 1 amide bonds. The molecule has 3 rings (SSSR count). The Bertz CT molecular complexity index is 661. The Labute approximate surface area is 150 Å². The molecule has 1 aromatic heterocycles. The van der Waals surface area contributed by atoms with Crippen molar-refractivity contribution in [3.63, 3.8) is 0 Å². The molecule has 25 heavy (non-hydrogen) atoms. The van der Waals surface area contributed by atoms with Crippen molar-refractivity contribution in [3.8, 4) is 0 Å². The molecule has 1 aliphatic rings. The van der Waals surface area contributed by atoms with E-state index in [0.29, 0.717) is 18.3 Å². The van der Waals surface area contributed by atoms with Crippen molar-refractivity contribution in [2.24, 2.45) is 0 Å². The molecule has 1 aromatic carbocycles. The lowest BCUT2D eigenvalue weighted by atomic mass is 10.1. The minimum atomic E-state index is -0.0510. The second-order valence-corrected chi connectivity index (χ2v) is 6.91. The van der Waals surface area contributed by atoms with E-state index < -0.39 is 0 Å². The maximum atomic E-state index is 12.5. The molecular weight excluding hydrogens is 310 g/mol. The van der Waals surface area contributed by atoms with Gasteiger partial charge in [0.2, 0.25) is 0 Å². The number of rotatable bonds is 5. The van der Waals surface area contributed by atoms with Gasteiger partial charge in [-0.15, -0.1) is 0 Å². The molecule has 1 fully saturated rings. The minimum absolute atomic E-state index is 0.0510. The van der Waals surface area contributed by atoms with Gasteiger partial charge in [-0.05, 0) is 30.5 Å². The monoisotopic (exact) mass is 337 g/mol. The van der Waals surface area contributed by atoms with Gasteiger partial charge in [0.1, 0.15) is 5.69 Å². The largest absolute Gasteiger partial charge is 0.381 e. The SMILES string of the molecule is CN(Cc1ccccc1)C(=O)c1ccc(NC2CCCCCC2)cn1. The topological polar surface area (TPSA) is 45.2 Å². The van der Waals surface area contributed by atoms with E-state index in [1.807, 2.05) is 49.5 Å². The van der Waals surface area contributed by atoms with Gasteiger partial charge < -0.3 is 10.2 Å². The molecule has 2 aromatic rings. The van der Waals surface area contributed by atoms with E-state index in [-0.39, 0.29) is 5.91 Å². The summed E-state index contributed by atoms with van der Waals surface area (Å²) in [5.41, 5.74) is 2.61. The van der Waals surface area contributed by atoms with Crippen LogP contribution in [-0.2, 0) is 6.54 Å². The molecule has 0 aliphatic heterocycles. The first-order valence-electron chi connectivity index (χ1n) is 9.24. The van der Waals surface area contributed by atoms with Gasteiger partial charge in [-0.1, -0.05) is 56.0 Å². The zero-order valence-corrected chi connectivity index (χ0v) is 14.9. The highest BCUT2D eigenvalue weighted by molar-refractivity contribution is 5.92. The minimum Gasteiger partial charge on any atom is -0.381 e. The van der Waals surface area contributed by atoms with E-state index in [1.165, 1.54) is 38.5 Å². The molecule has 0 atom stereocenters. The summed E-state index contributed by atoms with van der Waals surface area (Å²) in [4.78, 5) is 18.6. The first kappa shape index (κ1) is 17.5. The highest BCUT2D eigenvalue weighted by Crippen LogP contribution is 2.21. The fourth-order valence-electron chi connectivity index (χ4n) is 3.39. The summed E-state index contributed by atoms with van der Waals surface area (Å²) in [6, 6.07) is 14.3. The Kier molecular flexibility index (Phi) is 6.04. The van der Waals surface area contributed by atoms with Crippen molar-refractivity contribution >= 4 is 11.6 Å². The number of benzene rings is 1. The fraction of sp³-hybridized carbons (Fsp3) is 0.429. The van der Waals surface area contributed by atoms with Gasteiger partial charge >= 0.3 is 0 Å². The van der Waals surface area contributed by atoms with Crippen LogP contribution >= 0.6 is 0 Å². The standard InChI is InChI=1S/C21H27N3O/c1-24(16-17-9-5-4-6-10-17)21(25)20-14-13-19(15-22-20)23-18-11-7-2-3-8-12-18/h4-6,9-10,13-15,18,23H,2-3,7-8,11-12,16H2,1H3. The average Bonchev–Trinajstić information content (AvgIpc) is 2.91. The lowest BCUT2D eigenvalue weighted by Gasteiger charge is -2.19. The molecule has 0 spiro atoms. The Morgan fingerprint density at radius 1 is 1.08 bits per heavy atom. The molecule has 1 aliphatic carbocycles. The highest BCUT2D eigenvalue weighted by Gasteiger charge is 2.15. The summed E-state index contributed by atoms with van der Waals surface area (Å²) in [5.74, 6) is -0.0510. The molecule has 4 nitrogen and oxygen atoms in total. The molecule has 0 unspecified atom stereocenters. The Hall–Kier alpha value is -2.36. The quantitative estimate of drug-likeness (QED) is 0.818. The summed E-state index contributed by atoms with van der Waals surface area (Å²) in [5, 5.41) is 3.57. The Morgan fingerprint density at radius 3 is 2.44 bits per heavy atom. The molecule has 0 saturated heterocycles. The predicted molar refractivity (Wildman–Crippen MR) is 102 cm³/mol. The van der Waals surface area contributed by atoms with E-state index in [1.54, 1.807) is 11.1 Å². The molecule has 0 radical (unpaired) electrons. The van der Waals surface area contributed by atoms with Crippen LogP contribution in [0.3, 0.4) is 0 Å². The van der Waals surface area contributed by atoms with E-state index in [0.717, 1.165) is 11.3 Å². The van der Waals surface area contributed by atoms with Crippen LogP contribution in [0.25, 0.3) is 0 Å². The van der Waals surface area contributed by atoms with Gasteiger partial charge in [-0.2, -0.15) is 0 Å². The second-order valence-electron chi connectivity index (χ2n) is 6.91. The summed E-state index contributed by atoms with van der Waals surface area (Å²) in [6.45, 7) is 0.587. The summed E-state index contributed by atoms with van der Waals surface area (Å²) >= 11 is 0. The number of nitrogens with zero attached hydrogens (tertiary/aromatic N) is 2. The van der Waals surface area contributed by atoms with E-state index in [9.17, 15) is 4.79 Å². The van der Waals surface area contributed by atoms with Crippen molar-refractivity contribution in [2.45, 2.75) is 51.1 Å². The number of aromatic nitrogens is 1. The average molecular weight is 337 g/mol. The molecule has 1 heterocycles. The van der Waals surface area contributed by atoms with Crippen LogP contribution in [0.15, 0.2) is 48.7 Å². The fourth-order valence-corrected chi connectivity index (χ4v) is 3.39. The van der Waals surface area contributed by atoms with Crippen molar-refractivity contribution < 1.29 is 4.79 Å². The number of amides is 1. The smallest absolute Gasteiger partial charge is 0.272 e. The van der Waals surface area contributed by atoms with Crippen LogP contribution in [0.1, 0.15) is 54.6 Å². The molecule has 1 N–H and O–H groups in total. The van der Waals surface area contributed by atoms with Crippen LogP contribution < -0.4 is 5.32 Å². The maximum Gasteiger partial charge on any atom is 0.272 e. The maximum absolute atomic E-state index is 12.5. The molecule has 4 heteroatoms. The third-order valence-corrected chi connectivity index (χ3v) is 4.82. The zero-order valence-electron chi connectivity index (χ0n) is 14.9. The van der Waals surface area contributed by atoms with Gasteiger partial charge in [-0.3, -0.25) is 4.79 Å². The number of anilines is 1. The third kappa shape index (κ3) is 5.05. The van der Waals surface area contributed by atoms with Gasteiger partial charge in [0.05, 0.1) is 11.9 Å². The number of carbonyl (C=O) groups is 1. The first-order valence-corrected chi connectivity index (χ1v) is 9.24. The van der Waals surface area contributed by atoms with Crippen LogP contribution in [0.4, 0.5) is 5.69 Å². The van der Waals surface area contributed by atoms with Gasteiger partial charge in [0.25, 0.3) is 5.91 Å². The molecule has 1 saturated carbocycles. The second kappa shape index (κ2) is 8.65. The van der Waals surface area contributed by atoms with Gasteiger partial charge in [-0.25, -0.2) is 4.98 Å². The number of pyridine rings is 1. The van der Waals surface area contributed by atoms with Gasteiger partial charge in [0.15, 0.2) is 0 Å². The lowest BCUT2D eigenvalue weighted by Crippen LogP contribution is -2.27. The van der Waals surface area contributed by atoms with E-state index in [2.05, 4.69) is 10.3 Å². The number of hydrogen-bond donors (Lipinski definition) is 1. The molecule has 0 bridgehead atoms. The van der Waals surface area contributed by atoms with E-state index in [4.69, 9.17) is 0 Å². The number of hydrogen-bond acceptors (Lipinski definition) is 3. The van der Waals surface area contributed by atoms with Crippen LogP contribution in [0, 0.1) is 0 Å². The van der Waals surface area contributed by atoms with Crippen molar-refractivity contribution in [2.75, 3.05) is 12.4 Å². The van der Waals surface area contributed by atoms with Gasteiger partial charge in [0, 0.05) is 19.6 Å². The summed E-state index contributed by atoms with van der Waals surface area (Å²) < 4.78 is 0. The summed E-state index contributed by atoms with van der Waals surface area (Å²) in [7, 11) is 1.81. The van der Waals surface area contributed by atoms with Crippen LogP contribution in [-0.4, -0.2) is 28.9 Å². The molecular formula is C21H27N3O. The highest BCUT2D eigenvalue weighted by atomic mass is 16.2. The third-order valence-electron chi connectivity index (χ3n) is 4.82. The number of nitrogens with one attached hydrogen (secondary N) is 1. The Morgan fingerprint density at radius 2 is 1.80 bits per heavy atom. The number of carbonyl (C=O) groups excluding carboxylic acids is 1.